The molecule has 20 heavy (non-hydrogen) atoms. The number of nitrogen functional groups attached to an aromatic ring is 1. The number of anilines is 2. The lowest BCUT2D eigenvalue weighted by molar-refractivity contribution is 0.0698. The van der Waals surface area contributed by atoms with Gasteiger partial charge in [0.1, 0.15) is 11.4 Å². The molecule has 0 radical (unpaired) electrons. The molecule has 0 heterocycles. The van der Waals surface area contributed by atoms with Crippen LogP contribution in [-0.4, -0.2) is 24.2 Å². The van der Waals surface area contributed by atoms with Crippen molar-refractivity contribution in [2.45, 2.75) is 27.7 Å². The van der Waals surface area contributed by atoms with Crippen molar-refractivity contribution in [3.63, 3.8) is 0 Å². The first-order chi connectivity index (χ1) is 9.23. The van der Waals surface area contributed by atoms with Crippen molar-refractivity contribution < 1.29 is 14.3 Å². The van der Waals surface area contributed by atoms with Crippen molar-refractivity contribution in [3.8, 4) is 0 Å². The SMILES string of the molecule is CC(C)CN(CC(C)C)c1ccc(F)c(N)c1C(=O)O. The minimum Gasteiger partial charge on any atom is -0.478 e. The second-order valence-electron chi connectivity index (χ2n) is 5.85. The lowest BCUT2D eigenvalue weighted by Gasteiger charge is -2.30. The molecular formula is C15H23FN2O2. The van der Waals surface area contributed by atoms with Crippen molar-refractivity contribution >= 4 is 17.3 Å². The number of hydrogen-bond acceptors (Lipinski definition) is 3. The van der Waals surface area contributed by atoms with Gasteiger partial charge in [0.15, 0.2) is 0 Å². The molecule has 0 bridgehead atoms. The highest BCUT2D eigenvalue weighted by atomic mass is 19.1. The maximum atomic E-state index is 13.5. The van der Waals surface area contributed by atoms with Crippen molar-refractivity contribution in [3.05, 3.63) is 23.5 Å². The van der Waals surface area contributed by atoms with Crippen LogP contribution >= 0.6 is 0 Å². The molecule has 4 nitrogen and oxygen atoms in total. The maximum absolute atomic E-state index is 13.5. The van der Waals surface area contributed by atoms with Crippen LogP contribution in [0.25, 0.3) is 0 Å². The highest BCUT2D eigenvalue weighted by Crippen LogP contribution is 2.29. The third-order valence-electron chi connectivity index (χ3n) is 2.90. The van der Waals surface area contributed by atoms with E-state index in [-0.39, 0.29) is 11.3 Å². The van der Waals surface area contributed by atoms with Crippen LogP contribution in [0.1, 0.15) is 38.1 Å². The fourth-order valence-corrected chi connectivity index (χ4v) is 2.22. The molecular weight excluding hydrogens is 259 g/mol. The summed E-state index contributed by atoms with van der Waals surface area (Å²) >= 11 is 0. The second kappa shape index (κ2) is 6.59. The van der Waals surface area contributed by atoms with Crippen molar-refractivity contribution in [1.82, 2.24) is 0 Å². The van der Waals surface area contributed by atoms with Crippen molar-refractivity contribution in [2.75, 3.05) is 23.7 Å². The summed E-state index contributed by atoms with van der Waals surface area (Å²) < 4.78 is 13.5. The van der Waals surface area contributed by atoms with E-state index in [0.717, 1.165) is 0 Å². The van der Waals surface area contributed by atoms with Gasteiger partial charge >= 0.3 is 5.97 Å². The van der Waals surface area contributed by atoms with Crippen molar-refractivity contribution in [2.24, 2.45) is 11.8 Å². The van der Waals surface area contributed by atoms with E-state index in [1.165, 1.54) is 12.1 Å². The molecule has 0 aliphatic rings. The Morgan fingerprint density at radius 2 is 1.75 bits per heavy atom. The van der Waals surface area contributed by atoms with Gasteiger partial charge in [-0.3, -0.25) is 0 Å². The van der Waals surface area contributed by atoms with Gasteiger partial charge in [0.05, 0.1) is 11.4 Å². The molecule has 0 atom stereocenters. The Bertz CT molecular complexity index is 477. The number of halogens is 1. The monoisotopic (exact) mass is 282 g/mol. The fraction of sp³-hybridized carbons (Fsp3) is 0.533. The highest BCUT2D eigenvalue weighted by molar-refractivity contribution is 6.00. The minimum absolute atomic E-state index is 0.147. The van der Waals surface area contributed by atoms with Gasteiger partial charge in [-0.2, -0.15) is 0 Å². The number of nitrogens with two attached hydrogens (primary N) is 1. The zero-order valence-electron chi connectivity index (χ0n) is 12.5. The molecule has 0 fully saturated rings. The van der Waals surface area contributed by atoms with Gasteiger partial charge in [0.2, 0.25) is 0 Å². The first-order valence-electron chi connectivity index (χ1n) is 6.80. The molecule has 0 unspecified atom stereocenters. The van der Waals surface area contributed by atoms with E-state index in [2.05, 4.69) is 27.7 Å². The van der Waals surface area contributed by atoms with Gasteiger partial charge in [-0.15, -0.1) is 0 Å². The smallest absolute Gasteiger partial charge is 0.340 e. The summed E-state index contributed by atoms with van der Waals surface area (Å²) in [5.74, 6) is -1.17. The molecule has 0 saturated carbocycles. The molecule has 1 aromatic carbocycles. The Hall–Kier alpha value is -1.78. The number of hydrogen-bond donors (Lipinski definition) is 2. The number of carboxylic acids is 1. The minimum atomic E-state index is -1.20. The summed E-state index contributed by atoms with van der Waals surface area (Å²) in [5, 5.41) is 9.31. The molecule has 0 spiro atoms. The summed E-state index contributed by atoms with van der Waals surface area (Å²) in [7, 11) is 0. The number of nitrogens with zero attached hydrogens (tertiary/aromatic N) is 1. The standard InChI is InChI=1S/C15H23FN2O2/c1-9(2)7-18(8-10(3)4)12-6-5-11(16)14(17)13(12)15(19)20/h5-6,9-10H,7-8,17H2,1-4H3,(H,19,20). The zero-order chi connectivity index (χ0) is 15.4. The van der Waals surface area contributed by atoms with E-state index in [1.807, 2.05) is 4.90 Å². The van der Waals surface area contributed by atoms with E-state index in [1.54, 1.807) is 0 Å². The topological polar surface area (TPSA) is 66.6 Å². The zero-order valence-corrected chi connectivity index (χ0v) is 12.5. The quantitative estimate of drug-likeness (QED) is 0.786. The predicted molar refractivity (Wildman–Crippen MR) is 79.7 cm³/mol. The van der Waals surface area contributed by atoms with Gasteiger partial charge in [-0.25, -0.2) is 9.18 Å². The Kier molecular flexibility index (Phi) is 5.36. The van der Waals surface area contributed by atoms with Crippen LogP contribution in [0, 0.1) is 17.7 Å². The predicted octanol–water partition coefficient (Wildman–Crippen LogP) is 3.22. The first kappa shape index (κ1) is 16.3. The normalized spacial score (nSPS) is 11.2. The third-order valence-corrected chi connectivity index (χ3v) is 2.90. The fourth-order valence-electron chi connectivity index (χ4n) is 2.22. The molecule has 0 saturated heterocycles. The Morgan fingerprint density at radius 3 is 2.15 bits per heavy atom. The van der Waals surface area contributed by atoms with E-state index in [4.69, 9.17) is 5.73 Å². The number of rotatable bonds is 6. The van der Waals surface area contributed by atoms with Crippen LogP contribution in [0.2, 0.25) is 0 Å². The molecule has 112 valence electrons. The first-order valence-corrected chi connectivity index (χ1v) is 6.80. The number of carbonyl (C=O) groups is 1. The number of carboxylic acid groups (broad SMARTS) is 1. The Morgan fingerprint density at radius 1 is 1.25 bits per heavy atom. The lowest BCUT2D eigenvalue weighted by Crippen LogP contribution is -2.33. The Labute approximate surface area is 119 Å². The van der Waals surface area contributed by atoms with Crippen LogP contribution < -0.4 is 10.6 Å². The second-order valence-corrected chi connectivity index (χ2v) is 5.85. The molecule has 0 aliphatic heterocycles. The number of benzene rings is 1. The summed E-state index contributed by atoms with van der Waals surface area (Å²) in [6.07, 6.45) is 0. The molecule has 5 heteroatoms. The lowest BCUT2D eigenvalue weighted by atomic mass is 10.1. The van der Waals surface area contributed by atoms with E-state index < -0.39 is 11.8 Å². The summed E-state index contributed by atoms with van der Waals surface area (Å²) in [4.78, 5) is 13.4. The van der Waals surface area contributed by atoms with Crippen LogP contribution in [0.4, 0.5) is 15.8 Å². The number of aromatic carboxylic acids is 1. The van der Waals surface area contributed by atoms with Gasteiger partial charge in [-0.05, 0) is 24.0 Å². The Balaban J connectivity index is 3.31. The van der Waals surface area contributed by atoms with Gasteiger partial charge < -0.3 is 15.7 Å². The summed E-state index contributed by atoms with van der Waals surface area (Å²) in [6.45, 7) is 9.62. The van der Waals surface area contributed by atoms with Crippen LogP contribution in [0.5, 0.6) is 0 Å². The molecule has 1 aromatic rings. The van der Waals surface area contributed by atoms with Gasteiger partial charge in [0.25, 0.3) is 0 Å². The molecule has 1 rings (SSSR count). The van der Waals surface area contributed by atoms with Crippen LogP contribution in [-0.2, 0) is 0 Å². The summed E-state index contributed by atoms with van der Waals surface area (Å²) in [6, 6.07) is 2.73. The third kappa shape index (κ3) is 3.85. The van der Waals surface area contributed by atoms with Crippen molar-refractivity contribution in [1.29, 1.82) is 0 Å². The van der Waals surface area contributed by atoms with Gasteiger partial charge in [-0.1, -0.05) is 27.7 Å². The maximum Gasteiger partial charge on any atom is 0.340 e. The summed E-state index contributed by atoms with van der Waals surface area (Å²) in [5.41, 5.74) is 5.64. The molecule has 3 N–H and O–H groups in total. The van der Waals surface area contributed by atoms with E-state index in [0.29, 0.717) is 30.6 Å². The average Bonchev–Trinajstić information content (AvgIpc) is 2.29. The van der Waals surface area contributed by atoms with Gasteiger partial charge in [0, 0.05) is 13.1 Å². The molecule has 0 amide bonds. The largest absolute Gasteiger partial charge is 0.478 e. The molecule has 0 aromatic heterocycles. The highest BCUT2D eigenvalue weighted by Gasteiger charge is 2.22. The van der Waals surface area contributed by atoms with Crippen LogP contribution in [0.15, 0.2) is 12.1 Å². The average molecular weight is 282 g/mol. The van der Waals surface area contributed by atoms with Crippen LogP contribution in [0.3, 0.4) is 0 Å². The van der Waals surface area contributed by atoms with E-state index in [9.17, 15) is 14.3 Å². The van der Waals surface area contributed by atoms with E-state index >= 15 is 0 Å². The molecule has 0 aliphatic carbocycles.